The zero-order valence-electron chi connectivity index (χ0n) is 5.37. The number of hydrogen-bond acceptors (Lipinski definition) is 1. The molecule has 1 nitrogen and oxygen atoms in total. The van der Waals surface area contributed by atoms with Crippen LogP contribution in [0.2, 0.25) is 0 Å². The molecule has 8 heavy (non-hydrogen) atoms. The molecule has 2 N–H and O–H groups in total. The first-order chi connectivity index (χ1) is 3.72. The van der Waals surface area contributed by atoms with Gasteiger partial charge in [0.15, 0.2) is 0 Å². The number of nitrogens with two attached hydrogens (primary N) is 1. The van der Waals surface area contributed by atoms with Crippen LogP contribution in [0, 0.1) is 0 Å². The first-order valence-corrected chi connectivity index (χ1v) is 3.23. The van der Waals surface area contributed by atoms with Crippen LogP contribution in [0.15, 0.2) is 10.7 Å². The Hall–Kier alpha value is -0.170. The number of allylic oxidation sites excluding steroid dienone is 2. The lowest BCUT2D eigenvalue weighted by molar-refractivity contribution is 1.02. The highest BCUT2D eigenvalue weighted by Crippen LogP contribution is 2.10. The molecule has 0 aromatic rings. The lowest BCUT2D eigenvalue weighted by Crippen LogP contribution is -1.96. The molecule has 0 bridgehead atoms. The average Bonchev–Trinajstić information content (AvgIpc) is 1.84. The van der Waals surface area contributed by atoms with Crippen molar-refractivity contribution in [3.05, 3.63) is 10.7 Å². The van der Waals surface area contributed by atoms with Crippen LogP contribution in [0.4, 0.5) is 0 Å². The summed E-state index contributed by atoms with van der Waals surface area (Å²) in [4.78, 5) is 0. The Morgan fingerprint density at radius 1 is 1.38 bits per heavy atom. The summed E-state index contributed by atoms with van der Waals surface area (Å²) >= 11 is 5.67. The van der Waals surface area contributed by atoms with Gasteiger partial charge in [-0.2, -0.15) is 0 Å². The second-order valence-corrected chi connectivity index (χ2v) is 2.09. The van der Waals surface area contributed by atoms with Crippen LogP contribution < -0.4 is 5.73 Å². The summed E-state index contributed by atoms with van der Waals surface area (Å²) in [5.74, 6) is 0. The summed E-state index contributed by atoms with van der Waals surface area (Å²) < 4.78 is 0. The third-order valence-corrected chi connectivity index (χ3v) is 1.55. The molecule has 0 saturated carbocycles. The van der Waals surface area contributed by atoms with Gasteiger partial charge < -0.3 is 5.73 Å². The van der Waals surface area contributed by atoms with Crippen LogP contribution in [-0.4, -0.2) is 0 Å². The van der Waals surface area contributed by atoms with Gasteiger partial charge in [0.1, 0.15) is 0 Å². The van der Waals surface area contributed by atoms with Crippen molar-refractivity contribution in [3.63, 3.8) is 0 Å². The highest BCUT2D eigenvalue weighted by atomic mass is 35.5. The largest absolute Gasteiger partial charge is 0.401 e. The summed E-state index contributed by atoms with van der Waals surface area (Å²) in [6, 6.07) is 0. The SMILES string of the molecule is CCC(N)=C(Cl)CC. The second kappa shape index (κ2) is 3.79. The van der Waals surface area contributed by atoms with E-state index in [1.165, 1.54) is 0 Å². The summed E-state index contributed by atoms with van der Waals surface area (Å²) in [6.45, 7) is 3.98. The zero-order valence-corrected chi connectivity index (χ0v) is 6.13. The molecule has 0 unspecified atom stereocenters. The zero-order chi connectivity index (χ0) is 6.57. The van der Waals surface area contributed by atoms with E-state index in [-0.39, 0.29) is 0 Å². The first-order valence-electron chi connectivity index (χ1n) is 2.85. The topological polar surface area (TPSA) is 26.0 Å². The lowest BCUT2D eigenvalue weighted by atomic mass is 10.3. The van der Waals surface area contributed by atoms with Gasteiger partial charge in [-0.3, -0.25) is 0 Å². The van der Waals surface area contributed by atoms with Crippen molar-refractivity contribution < 1.29 is 0 Å². The molecule has 0 amide bonds. The van der Waals surface area contributed by atoms with Gasteiger partial charge in [-0.25, -0.2) is 0 Å². The summed E-state index contributed by atoms with van der Waals surface area (Å²) in [6.07, 6.45) is 1.70. The molecule has 0 aliphatic heterocycles. The monoisotopic (exact) mass is 133 g/mol. The minimum absolute atomic E-state index is 0.799. The Balaban J connectivity index is 3.83. The fraction of sp³-hybridized carbons (Fsp3) is 0.667. The quantitative estimate of drug-likeness (QED) is 0.614. The smallest absolute Gasteiger partial charge is 0.0365 e. The van der Waals surface area contributed by atoms with Gasteiger partial charge in [-0.15, -0.1) is 0 Å². The molecule has 0 heterocycles. The minimum atomic E-state index is 0.799. The molecular weight excluding hydrogens is 122 g/mol. The standard InChI is InChI=1S/C6H12ClN/c1-3-5(7)6(8)4-2/h3-4,8H2,1-2H3. The van der Waals surface area contributed by atoms with Crippen molar-refractivity contribution in [2.45, 2.75) is 26.7 Å². The van der Waals surface area contributed by atoms with Crippen LogP contribution in [0.3, 0.4) is 0 Å². The van der Waals surface area contributed by atoms with Gasteiger partial charge in [0.25, 0.3) is 0 Å². The van der Waals surface area contributed by atoms with Gasteiger partial charge in [0.2, 0.25) is 0 Å². The Morgan fingerprint density at radius 2 is 1.88 bits per heavy atom. The summed E-state index contributed by atoms with van der Waals surface area (Å²) in [7, 11) is 0. The van der Waals surface area contributed by atoms with Crippen LogP contribution >= 0.6 is 11.6 Å². The maximum absolute atomic E-state index is 5.67. The normalized spacial score (nSPS) is 13.4. The molecule has 0 saturated heterocycles. The molecule has 0 aromatic heterocycles. The van der Waals surface area contributed by atoms with Crippen molar-refractivity contribution in [2.75, 3.05) is 0 Å². The molecular formula is C6H12ClN. The van der Waals surface area contributed by atoms with Crippen molar-refractivity contribution in [1.29, 1.82) is 0 Å². The van der Waals surface area contributed by atoms with E-state index in [0.29, 0.717) is 0 Å². The number of rotatable bonds is 2. The van der Waals surface area contributed by atoms with E-state index in [2.05, 4.69) is 0 Å². The number of hydrogen-bond donors (Lipinski definition) is 1. The predicted molar refractivity (Wildman–Crippen MR) is 37.6 cm³/mol. The Kier molecular flexibility index (Phi) is 3.71. The van der Waals surface area contributed by atoms with Crippen LogP contribution in [0.25, 0.3) is 0 Å². The fourth-order valence-corrected chi connectivity index (χ4v) is 0.553. The lowest BCUT2D eigenvalue weighted by Gasteiger charge is -1.97. The Morgan fingerprint density at radius 3 is 2.00 bits per heavy atom. The maximum Gasteiger partial charge on any atom is 0.0365 e. The third-order valence-electron chi connectivity index (χ3n) is 1.04. The Labute approximate surface area is 55.5 Å². The third kappa shape index (κ3) is 2.22. The van der Waals surface area contributed by atoms with Crippen molar-refractivity contribution >= 4 is 11.6 Å². The average molecular weight is 134 g/mol. The molecule has 0 fully saturated rings. The highest BCUT2D eigenvalue weighted by molar-refractivity contribution is 6.29. The van der Waals surface area contributed by atoms with Crippen molar-refractivity contribution in [2.24, 2.45) is 5.73 Å². The van der Waals surface area contributed by atoms with E-state index in [9.17, 15) is 0 Å². The molecule has 0 aromatic carbocycles. The summed E-state index contributed by atoms with van der Waals surface area (Å²) in [5, 5.41) is 0.799. The molecule has 0 atom stereocenters. The van der Waals surface area contributed by atoms with Crippen LogP contribution in [0.5, 0.6) is 0 Å². The molecule has 0 spiro atoms. The maximum atomic E-state index is 5.67. The minimum Gasteiger partial charge on any atom is -0.401 e. The van der Waals surface area contributed by atoms with Crippen molar-refractivity contribution in [3.8, 4) is 0 Å². The highest BCUT2D eigenvalue weighted by Gasteiger charge is 1.91. The van der Waals surface area contributed by atoms with E-state index >= 15 is 0 Å². The first kappa shape index (κ1) is 7.83. The molecule has 0 aliphatic rings. The van der Waals surface area contributed by atoms with E-state index in [1.807, 2.05) is 13.8 Å². The number of halogens is 1. The molecule has 0 aliphatic carbocycles. The van der Waals surface area contributed by atoms with E-state index in [0.717, 1.165) is 23.6 Å². The van der Waals surface area contributed by atoms with E-state index < -0.39 is 0 Å². The van der Waals surface area contributed by atoms with Gasteiger partial charge in [0.05, 0.1) is 0 Å². The molecule has 0 rings (SSSR count). The van der Waals surface area contributed by atoms with Crippen LogP contribution in [-0.2, 0) is 0 Å². The molecule has 48 valence electrons. The van der Waals surface area contributed by atoms with Crippen LogP contribution in [0.1, 0.15) is 26.7 Å². The molecule has 0 radical (unpaired) electrons. The fourth-order valence-electron chi connectivity index (χ4n) is 0.419. The summed E-state index contributed by atoms with van der Waals surface area (Å²) in [5.41, 5.74) is 6.29. The van der Waals surface area contributed by atoms with Gasteiger partial charge >= 0.3 is 0 Å². The molecule has 2 heteroatoms. The van der Waals surface area contributed by atoms with E-state index in [1.54, 1.807) is 0 Å². The Bertz CT molecular complexity index is 84.7. The van der Waals surface area contributed by atoms with Gasteiger partial charge in [-0.1, -0.05) is 25.4 Å². The second-order valence-electron chi connectivity index (χ2n) is 1.64. The van der Waals surface area contributed by atoms with Gasteiger partial charge in [0, 0.05) is 10.7 Å². The van der Waals surface area contributed by atoms with Crippen molar-refractivity contribution in [1.82, 2.24) is 0 Å². The predicted octanol–water partition coefficient (Wildman–Crippen LogP) is 2.22. The van der Waals surface area contributed by atoms with Gasteiger partial charge in [-0.05, 0) is 12.8 Å². The van der Waals surface area contributed by atoms with E-state index in [4.69, 9.17) is 17.3 Å².